The molecule has 132 valence electrons. The highest BCUT2D eigenvalue weighted by molar-refractivity contribution is 6.31. The predicted molar refractivity (Wildman–Crippen MR) is 94.7 cm³/mol. The molecule has 1 amide bonds. The summed E-state index contributed by atoms with van der Waals surface area (Å²) in [7, 11) is 0. The fourth-order valence-corrected chi connectivity index (χ4v) is 3.61. The van der Waals surface area contributed by atoms with Crippen LogP contribution in [0.15, 0.2) is 18.2 Å². The summed E-state index contributed by atoms with van der Waals surface area (Å²) in [6.45, 7) is 4.14. The van der Waals surface area contributed by atoms with E-state index in [2.05, 4.69) is 20.6 Å². The molecule has 4 rings (SSSR count). The fourth-order valence-electron chi connectivity index (χ4n) is 3.43. The number of halogens is 2. The number of rotatable bonds is 3. The summed E-state index contributed by atoms with van der Waals surface area (Å²) in [4.78, 5) is 15.1. The molecule has 1 aromatic carbocycles. The van der Waals surface area contributed by atoms with Gasteiger partial charge in [-0.1, -0.05) is 11.6 Å². The average molecular weight is 364 g/mol. The van der Waals surface area contributed by atoms with Gasteiger partial charge in [-0.25, -0.2) is 4.39 Å². The zero-order chi connectivity index (χ0) is 17.4. The molecule has 2 N–H and O–H groups in total. The molecule has 0 bridgehead atoms. The number of anilines is 2. The highest BCUT2D eigenvalue weighted by atomic mass is 35.5. The number of carbonyl (C=O) groups excluding carboxylic acids is 1. The van der Waals surface area contributed by atoms with Crippen LogP contribution >= 0.6 is 11.6 Å². The molecule has 0 atom stereocenters. The van der Waals surface area contributed by atoms with E-state index in [9.17, 15) is 9.18 Å². The monoisotopic (exact) mass is 363 g/mol. The van der Waals surface area contributed by atoms with E-state index in [1.807, 2.05) is 4.68 Å². The van der Waals surface area contributed by atoms with Crippen molar-refractivity contribution in [3.63, 3.8) is 0 Å². The summed E-state index contributed by atoms with van der Waals surface area (Å²) in [5.41, 5.74) is 2.83. The minimum Gasteiger partial charge on any atom is -0.368 e. The SMILES string of the molecule is O=C(Nc1ccc(F)c(Cl)c1)c1nn2c(c1N1CCCC1)CNCC2. The van der Waals surface area contributed by atoms with Gasteiger partial charge in [-0.3, -0.25) is 9.48 Å². The summed E-state index contributed by atoms with van der Waals surface area (Å²) in [6, 6.07) is 4.13. The largest absolute Gasteiger partial charge is 0.368 e. The van der Waals surface area contributed by atoms with E-state index >= 15 is 0 Å². The van der Waals surface area contributed by atoms with E-state index in [1.54, 1.807) is 0 Å². The Kier molecular flexibility index (Phi) is 4.35. The van der Waals surface area contributed by atoms with Crippen LogP contribution in [0.5, 0.6) is 0 Å². The second kappa shape index (κ2) is 6.65. The van der Waals surface area contributed by atoms with Crippen LogP contribution in [-0.2, 0) is 13.1 Å². The van der Waals surface area contributed by atoms with E-state index in [0.29, 0.717) is 17.9 Å². The maximum Gasteiger partial charge on any atom is 0.278 e. The van der Waals surface area contributed by atoms with E-state index in [-0.39, 0.29) is 10.9 Å². The number of nitrogens with one attached hydrogen (secondary N) is 2. The first-order valence-corrected chi connectivity index (χ1v) is 8.83. The van der Waals surface area contributed by atoms with Crippen molar-refractivity contribution in [2.45, 2.75) is 25.9 Å². The molecule has 0 spiro atoms. The number of amides is 1. The van der Waals surface area contributed by atoms with Crippen molar-refractivity contribution in [3.8, 4) is 0 Å². The number of benzene rings is 1. The first kappa shape index (κ1) is 16.4. The smallest absolute Gasteiger partial charge is 0.278 e. The average Bonchev–Trinajstić information content (AvgIpc) is 3.24. The molecular formula is C17H19ClFN5O. The molecule has 0 radical (unpaired) electrons. The fraction of sp³-hybridized carbons (Fsp3) is 0.412. The van der Waals surface area contributed by atoms with Gasteiger partial charge in [0.2, 0.25) is 0 Å². The van der Waals surface area contributed by atoms with Gasteiger partial charge in [0.25, 0.3) is 5.91 Å². The van der Waals surface area contributed by atoms with Crippen molar-refractivity contribution in [2.24, 2.45) is 0 Å². The normalized spacial score (nSPS) is 16.8. The predicted octanol–water partition coefficient (Wildman–Crippen LogP) is 2.63. The molecule has 2 aliphatic heterocycles. The first-order valence-electron chi connectivity index (χ1n) is 8.45. The van der Waals surface area contributed by atoms with Gasteiger partial charge in [0.05, 0.1) is 22.9 Å². The van der Waals surface area contributed by atoms with Crippen LogP contribution in [0.4, 0.5) is 15.8 Å². The van der Waals surface area contributed by atoms with Crippen LogP contribution < -0.4 is 15.5 Å². The van der Waals surface area contributed by atoms with Crippen LogP contribution in [0, 0.1) is 5.82 Å². The molecule has 8 heteroatoms. The third-order valence-corrected chi connectivity index (χ3v) is 4.93. The van der Waals surface area contributed by atoms with Crippen molar-refractivity contribution in [3.05, 3.63) is 40.4 Å². The lowest BCUT2D eigenvalue weighted by Crippen LogP contribution is -2.30. The summed E-state index contributed by atoms with van der Waals surface area (Å²) in [5.74, 6) is -0.813. The lowest BCUT2D eigenvalue weighted by Gasteiger charge is -2.22. The third kappa shape index (κ3) is 3.09. The standard InChI is InChI=1S/C17H19ClFN5O/c18-12-9-11(3-4-13(12)19)21-17(25)15-16(23-6-1-2-7-23)14-10-20-5-8-24(14)22-15/h3-4,9,20H,1-2,5-8,10H2,(H,21,25). The topological polar surface area (TPSA) is 62.2 Å². The van der Waals surface area contributed by atoms with E-state index in [4.69, 9.17) is 11.6 Å². The molecule has 0 saturated carbocycles. The van der Waals surface area contributed by atoms with Crippen molar-refractivity contribution in [2.75, 3.05) is 29.9 Å². The van der Waals surface area contributed by atoms with Gasteiger partial charge in [0.15, 0.2) is 5.69 Å². The van der Waals surface area contributed by atoms with Crippen molar-refractivity contribution >= 4 is 28.9 Å². The molecular weight excluding hydrogens is 345 g/mol. The molecule has 1 fully saturated rings. The molecule has 25 heavy (non-hydrogen) atoms. The Hall–Kier alpha value is -2.12. The van der Waals surface area contributed by atoms with Crippen molar-refractivity contribution in [1.82, 2.24) is 15.1 Å². The van der Waals surface area contributed by atoms with Gasteiger partial charge in [0.1, 0.15) is 5.82 Å². The highest BCUT2D eigenvalue weighted by Gasteiger charge is 2.29. The van der Waals surface area contributed by atoms with Gasteiger partial charge in [-0.05, 0) is 31.0 Å². The number of hydrogen-bond acceptors (Lipinski definition) is 4. The lowest BCUT2D eigenvalue weighted by molar-refractivity contribution is 0.102. The molecule has 0 unspecified atom stereocenters. The first-order chi connectivity index (χ1) is 12.1. The number of hydrogen-bond donors (Lipinski definition) is 2. The molecule has 2 aromatic rings. The van der Waals surface area contributed by atoms with Crippen LogP contribution in [0.25, 0.3) is 0 Å². The molecule has 1 aromatic heterocycles. The number of aromatic nitrogens is 2. The molecule has 3 heterocycles. The molecule has 2 aliphatic rings. The minimum absolute atomic E-state index is 0.0223. The zero-order valence-corrected chi connectivity index (χ0v) is 14.4. The Bertz CT molecular complexity index is 816. The Morgan fingerprint density at radius 2 is 2.08 bits per heavy atom. The van der Waals surface area contributed by atoms with Crippen LogP contribution in [0.3, 0.4) is 0 Å². The van der Waals surface area contributed by atoms with E-state index in [0.717, 1.165) is 50.4 Å². The summed E-state index contributed by atoms with van der Waals surface area (Å²) >= 11 is 5.80. The maximum absolute atomic E-state index is 13.3. The van der Waals surface area contributed by atoms with Crippen LogP contribution in [0.2, 0.25) is 5.02 Å². The molecule has 6 nitrogen and oxygen atoms in total. The van der Waals surface area contributed by atoms with Crippen LogP contribution in [0.1, 0.15) is 29.0 Å². The van der Waals surface area contributed by atoms with Crippen molar-refractivity contribution in [1.29, 1.82) is 0 Å². The Labute approximate surface area is 149 Å². The van der Waals surface area contributed by atoms with E-state index < -0.39 is 5.82 Å². The van der Waals surface area contributed by atoms with Gasteiger partial charge < -0.3 is 15.5 Å². The maximum atomic E-state index is 13.3. The number of nitrogens with zero attached hydrogens (tertiary/aromatic N) is 3. The second-order valence-electron chi connectivity index (χ2n) is 6.32. The lowest BCUT2D eigenvalue weighted by atomic mass is 10.2. The number of fused-ring (bicyclic) bond motifs is 1. The van der Waals surface area contributed by atoms with Gasteiger partial charge in [-0.15, -0.1) is 0 Å². The highest BCUT2D eigenvalue weighted by Crippen LogP contribution is 2.31. The molecule has 1 saturated heterocycles. The zero-order valence-electron chi connectivity index (χ0n) is 13.7. The van der Waals surface area contributed by atoms with Gasteiger partial charge in [-0.2, -0.15) is 5.10 Å². The Morgan fingerprint density at radius 1 is 1.28 bits per heavy atom. The minimum atomic E-state index is -0.513. The van der Waals surface area contributed by atoms with Gasteiger partial charge in [0, 0.05) is 31.9 Å². The third-order valence-electron chi connectivity index (χ3n) is 4.64. The Morgan fingerprint density at radius 3 is 2.84 bits per heavy atom. The van der Waals surface area contributed by atoms with Gasteiger partial charge >= 0.3 is 0 Å². The number of carbonyl (C=O) groups is 1. The van der Waals surface area contributed by atoms with Crippen LogP contribution in [-0.4, -0.2) is 35.3 Å². The molecule has 0 aliphatic carbocycles. The summed E-state index contributed by atoms with van der Waals surface area (Å²) < 4.78 is 15.2. The van der Waals surface area contributed by atoms with E-state index in [1.165, 1.54) is 18.2 Å². The van der Waals surface area contributed by atoms with Crippen molar-refractivity contribution < 1.29 is 9.18 Å². The quantitative estimate of drug-likeness (QED) is 0.880. The summed E-state index contributed by atoms with van der Waals surface area (Å²) in [5, 5.41) is 10.7. The Balaban J connectivity index is 1.67. The second-order valence-corrected chi connectivity index (χ2v) is 6.73. The summed E-state index contributed by atoms with van der Waals surface area (Å²) in [6.07, 6.45) is 2.24.